The van der Waals surface area contributed by atoms with Crippen LogP contribution in [0.15, 0.2) is 69.0 Å². The van der Waals surface area contributed by atoms with E-state index >= 15 is 0 Å². The van der Waals surface area contributed by atoms with Gasteiger partial charge in [0.15, 0.2) is 0 Å². The van der Waals surface area contributed by atoms with Crippen molar-refractivity contribution in [3.8, 4) is 11.8 Å². The second-order valence-corrected chi connectivity index (χ2v) is 10.8. The molecule has 2 amide bonds. The third kappa shape index (κ3) is 5.75. The quantitative estimate of drug-likeness (QED) is 0.350. The van der Waals surface area contributed by atoms with Gasteiger partial charge in [-0.3, -0.25) is 0 Å². The summed E-state index contributed by atoms with van der Waals surface area (Å²) >= 11 is 0. The first-order valence-corrected chi connectivity index (χ1v) is 13.8. The normalized spacial score (nSPS) is 13.8. The number of carbonyl (C=O) groups excluding carboxylic acids is 1. The van der Waals surface area contributed by atoms with Gasteiger partial charge in [0.05, 0.1) is 0 Å². The number of sulfonamides is 1. The Kier molecular flexibility index (Phi) is 7.29. The zero-order valence-corrected chi connectivity index (χ0v) is 21.8. The Morgan fingerprint density at radius 3 is 2.59 bits per heavy atom. The molecule has 1 N–H and O–H groups in total. The highest BCUT2D eigenvalue weighted by atomic mass is 32.2. The van der Waals surface area contributed by atoms with E-state index in [1.165, 1.54) is 23.4 Å². The summed E-state index contributed by atoms with van der Waals surface area (Å²) in [5, 5.41) is 0.648. The zero-order chi connectivity index (χ0) is 27.6. The largest absolute Gasteiger partial charge is 0.424 e. The molecule has 10 nitrogen and oxygen atoms in total. The summed E-state index contributed by atoms with van der Waals surface area (Å²) in [5.74, 6) is -0.626. The van der Waals surface area contributed by atoms with E-state index in [1.807, 2.05) is 4.72 Å². The fourth-order valence-corrected chi connectivity index (χ4v) is 5.59. The Balaban J connectivity index is 1.40. The van der Waals surface area contributed by atoms with Gasteiger partial charge in [-0.1, -0.05) is 6.07 Å². The van der Waals surface area contributed by atoms with Crippen molar-refractivity contribution in [2.24, 2.45) is 0 Å². The van der Waals surface area contributed by atoms with Crippen molar-refractivity contribution in [1.82, 2.24) is 19.6 Å². The number of rotatable bonds is 6. The second-order valence-electron chi connectivity index (χ2n) is 9.18. The second kappa shape index (κ2) is 10.8. The molecule has 0 saturated carbocycles. The van der Waals surface area contributed by atoms with Crippen LogP contribution >= 0.6 is 0 Å². The Labute approximate surface area is 223 Å². The predicted molar refractivity (Wildman–Crippen MR) is 140 cm³/mol. The number of nitrogens with one attached hydrogen (secondary N) is 1. The van der Waals surface area contributed by atoms with Gasteiger partial charge in [-0.25, -0.2) is 37.1 Å². The van der Waals surface area contributed by atoms with Crippen molar-refractivity contribution in [1.29, 1.82) is 0 Å². The van der Waals surface area contributed by atoms with Crippen LogP contribution in [0.3, 0.4) is 0 Å². The number of piperidine rings is 1. The number of carbonyl (C=O) groups is 1. The molecule has 3 heterocycles. The highest BCUT2D eigenvalue weighted by Gasteiger charge is 2.26. The molecule has 0 bridgehead atoms. The molecule has 39 heavy (non-hydrogen) atoms. The van der Waals surface area contributed by atoms with Crippen LogP contribution in [-0.2, 0) is 16.4 Å². The predicted octanol–water partition coefficient (Wildman–Crippen LogP) is 4.30. The van der Waals surface area contributed by atoms with E-state index in [9.17, 15) is 22.4 Å². The molecule has 1 saturated heterocycles. The van der Waals surface area contributed by atoms with Crippen LogP contribution in [0.5, 0.6) is 11.8 Å². The number of hydrogen-bond donors (Lipinski definition) is 1. The summed E-state index contributed by atoms with van der Waals surface area (Å²) < 4.78 is 53.5. The Morgan fingerprint density at radius 2 is 1.85 bits per heavy atom. The van der Waals surface area contributed by atoms with E-state index in [0.717, 1.165) is 31.4 Å². The van der Waals surface area contributed by atoms with E-state index in [0.29, 0.717) is 35.4 Å². The van der Waals surface area contributed by atoms with Crippen LogP contribution in [0.1, 0.15) is 36.0 Å². The van der Waals surface area contributed by atoms with Crippen molar-refractivity contribution < 1.29 is 26.8 Å². The average molecular weight is 553 g/mol. The van der Waals surface area contributed by atoms with Crippen molar-refractivity contribution in [2.75, 3.05) is 13.1 Å². The number of aryl methyl sites for hydroxylation is 1. The topological polar surface area (TPSA) is 132 Å². The number of fused-ring (bicyclic) bond motifs is 1. The van der Waals surface area contributed by atoms with Crippen molar-refractivity contribution in [3.63, 3.8) is 0 Å². The molecule has 2 aromatic heterocycles. The molecule has 1 fully saturated rings. The number of ether oxygens (including phenoxy) is 1. The van der Waals surface area contributed by atoms with Gasteiger partial charge in [0.1, 0.15) is 22.0 Å². The van der Waals surface area contributed by atoms with Gasteiger partial charge in [0.25, 0.3) is 10.0 Å². The lowest BCUT2D eigenvalue weighted by molar-refractivity contribution is 0.192. The minimum Gasteiger partial charge on any atom is -0.424 e. The van der Waals surface area contributed by atoms with Crippen molar-refractivity contribution >= 4 is 27.0 Å². The number of amides is 2. The maximum absolute atomic E-state index is 14.6. The molecule has 1 aliphatic heterocycles. The summed E-state index contributed by atoms with van der Waals surface area (Å²) in [6.45, 7) is 2.62. The molecule has 0 spiro atoms. The maximum atomic E-state index is 14.6. The number of nitrogens with zero attached hydrogens (tertiary/aromatic N) is 3. The lowest BCUT2D eigenvalue weighted by Crippen LogP contribution is -2.45. The van der Waals surface area contributed by atoms with Gasteiger partial charge in [-0.15, -0.1) is 0 Å². The van der Waals surface area contributed by atoms with Gasteiger partial charge in [-0.2, -0.15) is 0 Å². The molecule has 202 valence electrons. The fraction of sp³-hybridized carbons (Fsp3) is 0.259. The van der Waals surface area contributed by atoms with Crippen LogP contribution in [0.4, 0.5) is 9.18 Å². The van der Waals surface area contributed by atoms with Crippen LogP contribution in [0, 0.1) is 12.7 Å². The summed E-state index contributed by atoms with van der Waals surface area (Å²) in [4.78, 5) is 34.1. The first kappa shape index (κ1) is 26.3. The average Bonchev–Trinajstić information content (AvgIpc) is 2.92. The SMILES string of the molecule is Cc1c(Cc2ccc(F)c(S(=O)(=O)NC(=O)N3CCCCC3)c2)c(=O)oc2cc(Oc3ncccn3)ccc12. The van der Waals surface area contributed by atoms with E-state index in [4.69, 9.17) is 9.15 Å². The third-order valence-electron chi connectivity index (χ3n) is 6.54. The van der Waals surface area contributed by atoms with E-state index in [1.54, 1.807) is 31.2 Å². The number of halogens is 1. The summed E-state index contributed by atoms with van der Waals surface area (Å²) in [6.07, 6.45) is 5.58. The first-order chi connectivity index (χ1) is 18.7. The van der Waals surface area contributed by atoms with Crippen LogP contribution in [-0.4, -0.2) is 42.4 Å². The molecule has 12 heteroatoms. The number of aromatic nitrogens is 2. The molecule has 2 aromatic carbocycles. The molecule has 1 aliphatic rings. The number of hydrogen-bond acceptors (Lipinski definition) is 8. The Hall–Kier alpha value is -4.32. The number of urea groups is 1. The minimum absolute atomic E-state index is 0.0108. The standard InChI is InChI=1S/C27H25FN4O6S/c1-17-20-8-7-19(37-26-29-10-5-11-30-26)16-23(20)38-25(33)21(17)14-18-6-9-22(28)24(15-18)39(35,36)31-27(34)32-12-3-2-4-13-32/h5-11,15-16H,2-4,12-14H2,1H3,(H,31,34). The number of benzene rings is 2. The Bertz CT molecular complexity index is 1700. The van der Waals surface area contributed by atoms with Crippen LogP contribution in [0.25, 0.3) is 11.0 Å². The van der Waals surface area contributed by atoms with Crippen molar-refractivity contribution in [3.05, 3.63) is 87.8 Å². The molecule has 0 unspecified atom stereocenters. The molecule has 0 aliphatic carbocycles. The minimum atomic E-state index is -4.48. The molecule has 0 radical (unpaired) electrons. The maximum Gasteiger partial charge on any atom is 0.340 e. The van der Waals surface area contributed by atoms with Crippen LogP contribution in [0.2, 0.25) is 0 Å². The summed E-state index contributed by atoms with van der Waals surface area (Å²) in [6, 6.07) is 9.49. The summed E-state index contributed by atoms with van der Waals surface area (Å²) in [7, 11) is -4.48. The lowest BCUT2D eigenvalue weighted by Gasteiger charge is -2.26. The highest BCUT2D eigenvalue weighted by molar-refractivity contribution is 7.90. The monoisotopic (exact) mass is 552 g/mol. The van der Waals surface area contributed by atoms with Gasteiger partial charge in [0, 0.05) is 48.9 Å². The van der Waals surface area contributed by atoms with Crippen molar-refractivity contribution in [2.45, 2.75) is 37.5 Å². The molecular formula is C27H25FN4O6S. The smallest absolute Gasteiger partial charge is 0.340 e. The molecule has 5 rings (SSSR count). The van der Waals surface area contributed by atoms with E-state index in [-0.39, 0.29) is 23.6 Å². The van der Waals surface area contributed by atoms with Crippen LogP contribution < -0.4 is 15.1 Å². The lowest BCUT2D eigenvalue weighted by atomic mass is 9.99. The van der Waals surface area contributed by atoms with Gasteiger partial charge in [-0.05, 0) is 67.6 Å². The first-order valence-electron chi connectivity index (χ1n) is 12.3. The van der Waals surface area contributed by atoms with Gasteiger partial charge < -0.3 is 14.1 Å². The summed E-state index contributed by atoms with van der Waals surface area (Å²) in [5.41, 5.74) is 0.932. The Morgan fingerprint density at radius 1 is 1.10 bits per heavy atom. The van der Waals surface area contributed by atoms with Gasteiger partial charge in [0.2, 0.25) is 0 Å². The molecule has 0 atom stereocenters. The van der Waals surface area contributed by atoms with Gasteiger partial charge >= 0.3 is 17.7 Å². The van der Waals surface area contributed by atoms with E-state index < -0.39 is 32.4 Å². The molecular weight excluding hydrogens is 527 g/mol. The molecule has 4 aromatic rings. The zero-order valence-electron chi connectivity index (χ0n) is 21.0. The fourth-order valence-electron chi connectivity index (χ4n) is 4.49. The number of likely N-dealkylation sites (tertiary alicyclic amines) is 1. The third-order valence-corrected chi connectivity index (χ3v) is 7.88. The van der Waals surface area contributed by atoms with E-state index in [2.05, 4.69) is 9.97 Å². The highest BCUT2D eigenvalue weighted by Crippen LogP contribution is 2.27.